The van der Waals surface area contributed by atoms with Crippen LogP contribution in [-0.4, -0.2) is 60.4 Å². The lowest BCUT2D eigenvalue weighted by Gasteiger charge is -2.27. The van der Waals surface area contributed by atoms with Crippen LogP contribution in [0.15, 0.2) is 47.3 Å². The van der Waals surface area contributed by atoms with Gasteiger partial charge < -0.3 is 20.5 Å². The third kappa shape index (κ3) is 3.25. The van der Waals surface area contributed by atoms with Gasteiger partial charge in [-0.05, 0) is 59.6 Å². The first-order chi connectivity index (χ1) is 16.3. The van der Waals surface area contributed by atoms with E-state index in [1.165, 1.54) is 6.33 Å². The third-order valence-corrected chi connectivity index (χ3v) is 8.62. The molecule has 10 heteroatoms. The van der Waals surface area contributed by atoms with Crippen LogP contribution in [0.25, 0.3) is 21.9 Å². The minimum atomic E-state index is -0.910. The Bertz CT molecular complexity index is 1430. The average Bonchev–Trinajstić information content (AvgIpc) is 3.45. The number of pyridine rings is 1. The molecule has 1 unspecified atom stereocenters. The maximum atomic E-state index is 11.3. The van der Waals surface area contributed by atoms with Crippen LogP contribution in [0.1, 0.15) is 30.5 Å². The smallest absolute Gasteiger partial charge is 0.145 e. The average molecular weight is 544 g/mol. The Kier molecular flexibility index (Phi) is 5.13. The van der Waals surface area contributed by atoms with Gasteiger partial charge in [0.1, 0.15) is 29.0 Å². The molecule has 0 radical (unpaired) electrons. The molecule has 1 spiro atoms. The Morgan fingerprint density at radius 1 is 1.18 bits per heavy atom. The quantitative estimate of drug-likeness (QED) is 0.330. The summed E-state index contributed by atoms with van der Waals surface area (Å²) in [4.78, 5) is 15.2. The van der Waals surface area contributed by atoms with Gasteiger partial charge in [-0.15, -0.1) is 0 Å². The molecule has 1 saturated heterocycles. The van der Waals surface area contributed by atoms with E-state index in [1.807, 2.05) is 22.9 Å². The first kappa shape index (κ1) is 22.2. The lowest BCUT2D eigenvalue weighted by molar-refractivity contribution is -0.0238. The largest absolute Gasteiger partial charge is 0.390 e. The van der Waals surface area contributed by atoms with Crippen LogP contribution in [-0.2, 0) is 0 Å². The molecule has 1 aromatic carbocycles. The van der Waals surface area contributed by atoms with E-state index in [0.29, 0.717) is 29.6 Å². The molecule has 5 atom stereocenters. The number of rotatable bonds is 2. The molecule has 4 aromatic rings. The number of benzene rings is 1. The molecule has 1 aliphatic carbocycles. The second kappa shape index (κ2) is 7.86. The van der Waals surface area contributed by atoms with Gasteiger partial charge >= 0.3 is 0 Å². The van der Waals surface area contributed by atoms with Crippen molar-refractivity contribution in [1.82, 2.24) is 24.4 Å². The zero-order chi connectivity index (χ0) is 23.8. The van der Waals surface area contributed by atoms with Gasteiger partial charge in [-0.3, -0.25) is 4.90 Å². The van der Waals surface area contributed by atoms with Crippen LogP contribution in [0, 0.1) is 5.41 Å². The van der Waals surface area contributed by atoms with Gasteiger partial charge in [-0.1, -0.05) is 23.7 Å². The van der Waals surface area contributed by atoms with E-state index < -0.39 is 17.6 Å². The number of hydrogen-bond acceptors (Lipinski definition) is 7. The van der Waals surface area contributed by atoms with E-state index in [1.54, 1.807) is 0 Å². The highest BCUT2D eigenvalue weighted by Crippen LogP contribution is 2.55. The summed E-state index contributed by atoms with van der Waals surface area (Å²) in [7, 11) is 2.07. The van der Waals surface area contributed by atoms with Crippen molar-refractivity contribution in [1.29, 1.82) is 0 Å². The van der Waals surface area contributed by atoms with Crippen LogP contribution in [0.3, 0.4) is 0 Å². The summed E-state index contributed by atoms with van der Waals surface area (Å²) < 4.78 is 2.71. The van der Waals surface area contributed by atoms with Gasteiger partial charge in [0.05, 0.1) is 27.5 Å². The van der Waals surface area contributed by atoms with Crippen LogP contribution < -0.4 is 5.73 Å². The molecule has 2 fully saturated rings. The van der Waals surface area contributed by atoms with Crippen molar-refractivity contribution in [3.63, 3.8) is 0 Å². The molecule has 176 valence electrons. The number of nitrogens with zero attached hydrogens (tertiary/aromatic N) is 5. The summed E-state index contributed by atoms with van der Waals surface area (Å²) in [5, 5.41) is 24.5. The molecule has 1 saturated carbocycles. The number of nitrogen functional groups attached to an aromatic ring is 1. The maximum absolute atomic E-state index is 11.3. The normalized spacial score (nSPS) is 29.7. The summed E-state index contributed by atoms with van der Waals surface area (Å²) in [5.74, 6) is 0.459. The summed E-state index contributed by atoms with van der Waals surface area (Å²) in [6.07, 6.45) is 2.89. The summed E-state index contributed by atoms with van der Waals surface area (Å²) in [6.45, 7) is 0.676. The molecule has 2 aliphatic rings. The van der Waals surface area contributed by atoms with Crippen LogP contribution in [0.5, 0.6) is 0 Å². The first-order valence-electron chi connectivity index (χ1n) is 11.2. The van der Waals surface area contributed by atoms with Gasteiger partial charge in [0, 0.05) is 29.6 Å². The minimum Gasteiger partial charge on any atom is -0.390 e. The molecule has 4 N–H and O–H groups in total. The van der Waals surface area contributed by atoms with E-state index in [4.69, 9.17) is 17.3 Å². The SMILES string of the molecule is CN1C[C@]2(CC1c1ccc3cc(Br)c(N)nc3c1)C[C@@H](n1ccc3c(Cl)ncnc31)[C@H](O)[C@@H]2O. The van der Waals surface area contributed by atoms with Crippen LogP contribution >= 0.6 is 27.5 Å². The van der Waals surface area contributed by atoms with E-state index >= 15 is 0 Å². The van der Waals surface area contributed by atoms with E-state index in [0.717, 1.165) is 32.7 Å². The number of anilines is 1. The number of fused-ring (bicyclic) bond motifs is 2. The standard InChI is InChI=1S/C24H24BrClN6O2/c1-31-10-24(8-17(31)13-3-2-12-6-15(25)22(27)30-16(12)7-13)9-18(19(33)20(24)34)32-5-4-14-21(26)28-11-29-23(14)32/h2-7,11,17-20,33-34H,8-10H2,1H3,(H2,27,30)/t17?,18-,19+,20+,24+/m1/s1. The third-order valence-electron chi connectivity index (χ3n) is 7.68. The van der Waals surface area contributed by atoms with Crippen molar-refractivity contribution < 1.29 is 10.2 Å². The second-order valence-electron chi connectivity index (χ2n) is 9.64. The van der Waals surface area contributed by atoms with Gasteiger partial charge in [0.15, 0.2) is 0 Å². The highest BCUT2D eigenvalue weighted by Gasteiger charge is 2.58. The van der Waals surface area contributed by atoms with Crippen LogP contribution in [0.4, 0.5) is 5.82 Å². The Morgan fingerprint density at radius 2 is 2.00 bits per heavy atom. The number of likely N-dealkylation sites (tertiary alicyclic amines) is 1. The lowest BCUT2D eigenvalue weighted by Crippen LogP contribution is -2.38. The number of halogens is 2. The summed E-state index contributed by atoms with van der Waals surface area (Å²) in [6, 6.07) is 9.86. The summed E-state index contributed by atoms with van der Waals surface area (Å²) in [5.41, 5.74) is 8.19. The fourth-order valence-electron chi connectivity index (χ4n) is 6.03. The van der Waals surface area contributed by atoms with Crippen molar-refractivity contribution in [3.8, 4) is 0 Å². The molecular formula is C24H24BrClN6O2. The van der Waals surface area contributed by atoms with E-state index in [-0.39, 0.29) is 12.1 Å². The fraction of sp³-hybridized carbons (Fsp3) is 0.375. The molecule has 3 aromatic heterocycles. The molecular weight excluding hydrogens is 520 g/mol. The number of nitrogens with two attached hydrogens (primary N) is 1. The van der Waals surface area contributed by atoms with Crippen molar-refractivity contribution >= 4 is 55.3 Å². The zero-order valence-corrected chi connectivity index (χ0v) is 20.8. The molecule has 8 nitrogen and oxygen atoms in total. The minimum absolute atomic E-state index is 0.0925. The van der Waals surface area contributed by atoms with Crippen molar-refractivity contribution in [3.05, 3.63) is 58.0 Å². The molecule has 6 rings (SSSR count). The lowest BCUT2D eigenvalue weighted by atomic mass is 9.80. The second-order valence-corrected chi connectivity index (χ2v) is 10.8. The van der Waals surface area contributed by atoms with Crippen LogP contribution in [0.2, 0.25) is 5.15 Å². The predicted molar refractivity (Wildman–Crippen MR) is 134 cm³/mol. The Hall–Kier alpha value is -2.30. The van der Waals surface area contributed by atoms with Crippen molar-refractivity contribution in [2.75, 3.05) is 19.3 Å². The monoisotopic (exact) mass is 542 g/mol. The van der Waals surface area contributed by atoms with Crippen molar-refractivity contribution in [2.45, 2.75) is 37.1 Å². The molecule has 0 bridgehead atoms. The van der Waals surface area contributed by atoms with Gasteiger partial charge in [-0.25, -0.2) is 15.0 Å². The molecule has 0 amide bonds. The van der Waals surface area contributed by atoms with Gasteiger partial charge in [0.25, 0.3) is 0 Å². The van der Waals surface area contributed by atoms with Gasteiger partial charge in [-0.2, -0.15) is 0 Å². The number of aliphatic hydroxyl groups is 2. The maximum Gasteiger partial charge on any atom is 0.145 e. The van der Waals surface area contributed by atoms with E-state index in [2.05, 4.69) is 61.0 Å². The number of aromatic nitrogens is 4. The number of hydrogen-bond donors (Lipinski definition) is 3. The van der Waals surface area contributed by atoms with Gasteiger partial charge in [0.2, 0.25) is 0 Å². The number of aliphatic hydroxyl groups excluding tert-OH is 2. The summed E-state index contributed by atoms with van der Waals surface area (Å²) >= 11 is 9.67. The molecule has 1 aliphatic heterocycles. The highest BCUT2D eigenvalue weighted by molar-refractivity contribution is 9.10. The Labute approximate surface area is 209 Å². The molecule has 4 heterocycles. The molecule has 34 heavy (non-hydrogen) atoms. The Morgan fingerprint density at radius 3 is 2.82 bits per heavy atom. The zero-order valence-electron chi connectivity index (χ0n) is 18.4. The van der Waals surface area contributed by atoms with Crippen molar-refractivity contribution in [2.24, 2.45) is 5.41 Å². The predicted octanol–water partition coefficient (Wildman–Crippen LogP) is 3.71. The highest BCUT2D eigenvalue weighted by atomic mass is 79.9. The fourth-order valence-corrected chi connectivity index (χ4v) is 6.56. The Balaban J connectivity index is 1.33. The first-order valence-corrected chi connectivity index (χ1v) is 12.3. The topological polar surface area (TPSA) is 113 Å². The van der Waals surface area contributed by atoms with E-state index in [9.17, 15) is 10.2 Å².